The molecule has 2 aliphatic rings. The maximum atomic E-state index is 8.00. The minimum atomic E-state index is 0.775. The molecule has 2 aromatic carbocycles. The van der Waals surface area contributed by atoms with E-state index < -0.39 is 0 Å². The summed E-state index contributed by atoms with van der Waals surface area (Å²) in [5, 5.41) is 7.96. The van der Waals surface area contributed by atoms with Crippen molar-refractivity contribution < 1.29 is 19.1 Å². The topological polar surface area (TPSA) is 76.7 Å². The standard InChI is InChI=1S/C13H18O.C7H9ClNP.C4H9NO.2CH2O/c1-3-10-8-9-13(14-2)12-7-5-4-6-11(10)12;1-9-5-2-3-7(10)6(8)4-5;1-3-6-4-2-5-1;2*1-2/h8-9H,3-7H2,1-2H3;2-4,9H,10H2,1H3;5H,1-4H2;2*1H2. The van der Waals surface area contributed by atoms with Crippen molar-refractivity contribution in [3.05, 3.63) is 52.0 Å². The van der Waals surface area contributed by atoms with Gasteiger partial charge in [-0.2, -0.15) is 0 Å². The molecule has 1 heterocycles. The number of nitrogens with one attached hydrogen (secondary N) is 2. The van der Waals surface area contributed by atoms with E-state index in [-0.39, 0.29) is 0 Å². The first-order chi connectivity index (χ1) is 16.6. The summed E-state index contributed by atoms with van der Waals surface area (Å²) in [5.74, 6) is 1.09. The predicted octanol–water partition coefficient (Wildman–Crippen LogP) is 4.25. The highest BCUT2D eigenvalue weighted by Crippen LogP contribution is 2.32. The number of hydrogen-bond donors (Lipinski definition) is 2. The molecule has 0 spiro atoms. The molecular formula is C26H40ClN2O4P. The molecule has 1 unspecified atom stereocenters. The van der Waals surface area contributed by atoms with E-state index in [1.54, 1.807) is 12.7 Å². The van der Waals surface area contributed by atoms with Crippen molar-refractivity contribution in [3.8, 4) is 5.75 Å². The van der Waals surface area contributed by atoms with Gasteiger partial charge in [0.1, 0.15) is 19.3 Å². The predicted molar refractivity (Wildman–Crippen MR) is 147 cm³/mol. The molecule has 0 aromatic heterocycles. The van der Waals surface area contributed by atoms with E-state index in [4.69, 9.17) is 30.7 Å². The van der Waals surface area contributed by atoms with Gasteiger partial charge in [-0.05, 0) is 72.3 Å². The zero-order chi connectivity index (χ0) is 25.8. The van der Waals surface area contributed by atoms with E-state index in [9.17, 15) is 0 Å². The fraction of sp³-hybridized carbons (Fsp3) is 0.462. The average molecular weight is 511 g/mol. The molecule has 2 aromatic rings. The van der Waals surface area contributed by atoms with Crippen molar-refractivity contribution in [2.75, 3.05) is 45.8 Å². The first-order valence-electron chi connectivity index (χ1n) is 11.4. The summed E-state index contributed by atoms with van der Waals surface area (Å²) in [6, 6.07) is 10.2. The molecule has 6 nitrogen and oxygen atoms in total. The Morgan fingerprint density at radius 1 is 1.06 bits per heavy atom. The number of carbonyl (C=O) groups excluding carboxylic acids is 2. The van der Waals surface area contributed by atoms with Gasteiger partial charge in [-0.3, -0.25) is 0 Å². The summed E-state index contributed by atoms with van der Waals surface area (Å²) in [4.78, 5) is 16.0. The van der Waals surface area contributed by atoms with Crippen LogP contribution in [0.5, 0.6) is 5.75 Å². The average Bonchev–Trinajstić information content (AvgIpc) is 2.93. The van der Waals surface area contributed by atoms with E-state index in [2.05, 4.69) is 38.9 Å². The quantitative estimate of drug-likeness (QED) is 0.601. The molecule has 34 heavy (non-hydrogen) atoms. The summed E-state index contributed by atoms with van der Waals surface area (Å²) in [7, 11) is 6.21. The molecule has 0 radical (unpaired) electrons. The molecule has 1 aliphatic carbocycles. The summed E-state index contributed by atoms with van der Waals surface area (Å²) in [6.07, 6.45) is 6.25. The zero-order valence-electron chi connectivity index (χ0n) is 20.8. The van der Waals surface area contributed by atoms with E-state index in [0.717, 1.165) is 54.5 Å². The lowest BCUT2D eigenvalue weighted by Crippen LogP contribution is -2.30. The Bertz CT molecular complexity index is 773. The van der Waals surface area contributed by atoms with Gasteiger partial charge in [-0.1, -0.05) is 30.7 Å². The highest BCUT2D eigenvalue weighted by Gasteiger charge is 2.16. The number of rotatable bonds is 3. The number of hydrogen-bond acceptors (Lipinski definition) is 6. The lowest BCUT2D eigenvalue weighted by atomic mass is 9.87. The monoisotopic (exact) mass is 510 g/mol. The molecule has 4 rings (SSSR count). The Kier molecular flexibility index (Phi) is 19.2. The minimum Gasteiger partial charge on any atom is -0.496 e. The Labute approximate surface area is 212 Å². The maximum absolute atomic E-state index is 8.00. The van der Waals surface area contributed by atoms with Crippen LogP contribution in [0.1, 0.15) is 36.5 Å². The van der Waals surface area contributed by atoms with Crippen LogP contribution in [-0.2, 0) is 33.6 Å². The fourth-order valence-electron chi connectivity index (χ4n) is 3.63. The second-order valence-electron chi connectivity index (χ2n) is 7.29. The van der Waals surface area contributed by atoms with Gasteiger partial charge in [0.25, 0.3) is 0 Å². The van der Waals surface area contributed by atoms with Crippen molar-refractivity contribution in [2.24, 2.45) is 0 Å². The third-order valence-corrected chi connectivity index (χ3v) is 6.34. The smallest absolute Gasteiger partial charge is 0.122 e. The summed E-state index contributed by atoms with van der Waals surface area (Å²) >= 11 is 5.83. The molecule has 0 bridgehead atoms. The number of morpholine rings is 1. The van der Waals surface area contributed by atoms with E-state index in [0.29, 0.717) is 0 Å². The molecule has 0 amide bonds. The minimum absolute atomic E-state index is 0.775. The van der Waals surface area contributed by atoms with Crippen LogP contribution < -0.4 is 20.7 Å². The number of carbonyl (C=O) groups is 2. The van der Waals surface area contributed by atoms with Crippen molar-refractivity contribution >= 4 is 45.4 Å². The van der Waals surface area contributed by atoms with Crippen LogP contribution >= 0.6 is 20.8 Å². The third kappa shape index (κ3) is 11.4. The molecule has 190 valence electrons. The van der Waals surface area contributed by atoms with Gasteiger partial charge < -0.3 is 29.7 Å². The van der Waals surface area contributed by atoms with Gasteiger partial charge >= 0.3 is 0 Å². The summed E-state index contributed by atoms with van der Waals surface area (Å²) in [5.41, 5.74) is 5.59. The van der Waals surface area contributed by atoms with Crippen LogP contribution in [0.25, 0.3) is 0 Å². The Morgan fingerprint density at radius 3 is 2.12 bits per heavy atom. The van der Waals surface area contributed by atoms with Crippen molar-refractivity contribution in [1.82, 2.24) is 5.32 Å². The number of benzene rings is 2. The van der Waals surface area contributed by atoms with Crippen LogP contribution in [0.3, 0.4) is 0 Å². The number of methoxy groups -OCH3 is 1. The molecule has 8 heteroatoms. The molecule has 2 N–H and O–H groups in total. The second-order valence-corrected chi connectivity index (χ2v) is 8.32. The Hall–Kier alpha value is -1.98. The number of anilines is 1. The largest absolute Gasteiger partial charge is 0.496 e. The second kappa shape index (κ2) is 20.4. The van der Waals surface area contributed by atoms with Crippen LogP contribution in [0.15, 0.2) is 30.3 Å². The first kappa shape index (κ1) is 32.0. The summed E-state index contributed by atoms with van der Waals surface area (Å²) < 4.78 is 10.4. The highest BCUT2D eigenvalue weighted by molar-refractivity contribution is 7.28. The lowest BCUT2D eigenvalue weighted by molar-refractivity contribution is -0.0987. The van der Waals surface area contributed by atoms with Crippen molar-refractivity contribution in [1.29, 1.82) is 0 Å². The van der Waals surface area contributed by atoms with E-state index in [1.165, 1.54) is 36.8 Å². The summed E-state index contributed by atoms with van der Waals surface area (Å²) in [6.45, 7) is 10.1. The molecule has 1 aliphatic heterocycles. The van der Waals surface area contributed by atoms with Crippen LogP contribution in [0.4, 0.5) is 5.69 Å². The number of halogens is 1. The van der Waals surface area contributed by atoms with Crippen molar-refractivity contribution in [3.63, 3.8) is 0 Å². The molecule has 0 saturated carbocycles. The van der Waals surface area contributed by atoms with Gasteiger partial charge in [0, 0.05) is 30.8 Å². The van der Waals surface area contributed by atoms with Crippen molar-refractivity contribution in [2.45, 2.75) is 39.0 Å². The SMILES string of the molecule is C1COCCN1.C=O.C=O.CCc1ccc(OC)c2c1CCCC2.CNc1ccc(P)c(Cl)c1. The molecule has 1 atom stereocenters. The van der Waals surface area contributed by atoms with Crippen LogP contribution in [0.2, 0.25) is 5.02 Å². The van der Waals surface area contributed by atoms with Crippen LogP contribution in [-0.4, -0.2) is 54.0 Å². The third-order valence-electron chi connectivity index (χ3n) is 5.33. The first-order valence-corrected chi connectivity index (χ1v) is 12.3. The van der Waals surface area contributed by atoms with Gasteiger partial charge in [0.2, 0.25) is 0 Å². The van der Waals surface area contributed by atoms with E-state index in [1.807, 2.05) is 38.8 Å². The van der Waals surface area contributed by atoms with E-state index >= 15 is 0 Å². The Morgan fingerprint density at radius 2 is 1.68 bits per heavy atom. The number of fused-ring (bicyclic) bond motifs is 1. The Balaban J connectivity index is 0.000000476. The highest BCUT2D eigenvalue weighted by atomic mass is 35.5. The molecule has 1 saturated heterocycles. The van der Waals surface area contributed by atoms with Gasteiger partial charge in [0.15, 0.2) is 0 Å². The van der Waals surface area contributed by atoms with Crippen LogP contribution in [0, 0.1) is 0 Å². The van der Waals surface area contributed by atoms with Gasteiger partial charge in [-0.25, -0.2) is 0 Å². The molecular weight excluding hydrogens is 471 g/mol. The lowest BCUT2D eigenvalue weighted by Gasteiger charge is -2.21. The zero-order valence-corrected chi connectivity index (χ0v) is 22.7. The molecule has 1 fully saturated rings. The normalized spacial score (nSPS) is 13.4. The number of aryl methyl sites for hydroxylation is 1. The van der Waals surface area contributed by atoms with Gasteiger partial charge in [-0.15, -0.1) is 9.24 Å². The number of ether oxygens (including phenoxy) is 2. The fourth-order valence-corrected chi connectivity index (χ4v) is 3.99. The maximum Gasteiger partial charge on any atom is 0.122 e. The van der Waals surface area contributed by atoms with Gasteiger partial charge in [0.05, 0.1) is 20.3 Å².